The summed E-state index contributed by atoms with van der Waals surface area (Å²) in [7, 11) is 1.71. The molecular weight excluding hydrogens is 260 g/mol. The highest BCUT2D eigenvalue weighted by Gasteiger charge is 2.52. The number of pyridine rings is 1. The van der Waals surface area contributed by atoms with Crippen molar-refractivity contribution in [3.8, 4) is 5.75 Å². The van der Waals surface area contributed by atoms with Gasteiger partial charge in [-0.3, -0.25) is 4.98 Å². The average molecular weight is 282 g/mol. The first-order valence-electron chi connectivity index (χ1n) is 7.59. The van der Waals surface area contributed by atoms with Gasteiger partial charge in [-0.15, -0.1) is 0 Å². The Morgan fingerprint density at radius 1 is 1.19 bits per heavy atom. The van der Waals surface area contributed by atoms with Gasteiger partial charge >= 0.3 is 0 Å². The van der Waals surface area contributed by atoms with Gasteiger partial charge in [-0.25, -0.2) is 0 Å². The Bertz CT molecular complexity index is 593. The molecule has 1 saturated carbocycles. The second-order valence-corrected chi connectivity index (χ2v) is 5.60. The van der Waals surface area contributed by atoms with E-state index in [2.05, 4.69) is 47.6 Å². The van der Waals surface area contributed by atoms with E-state index in [-0.39, 0.29) is 11.5 Å². The molecule has 1 heterocycles. The third kappa shape index (κ3) is 2.54. The van der Waals surface area contributed by atoms with Gasteiger partial charge in [-0.2, -0.15) is 0 Å². The van der Waals surface area contributed by atoms with Crippen LogP contribution in [0.3, 0.4) is 0 Å². The average Bonchev–Trinajstić information content (AvgIpc) is 3.35. The molecule has 1 aromatic heterocycles. The molecule has 1 atom stereocenters. The van der Waals surface area contributed by atoms with Crippen LogP contribution in [0.25, 0.3) is 0 Å². The van der Waals surface area contributed by atoms with Crippen molar-refractivity contribution < 1.29 is 4.74 Å². The molecule has 1 aliphatic carbocycles. The lowest BCUT2D eigenvalue weighted by Crippen LogP contribution is -2.33. The number of methoxy groups -OCH3 is 1. The van der Waals surface area contributed by atoms with Crippen molar-refractivity contribution in [2.24, 2.45) is 0 Å². The minimum Gasteiger partial charge on any atom is -0.495 e. The molecule has 1 N–H and O–H groups in total. The SMILES string of the molecule is CCNC(c1ncccc1OC)C1(c2ccccc2)CC1. The highest BCUT2D eigenvalue weighted by Crippen LogP contribution is 2.57. The van der Waals surface area contributed by atoms with E-state index in [0.717, 1.165) is 18.0 Å². The summed E-state index contributed by atoms with van der Waals surface area (Å²) in [4.78, 5) is 4.61. The first kappa shape index (κ1) is 14.1. The molecular formula is C18H22N2O. The number of hydrogen-bond donors (Lipinski definition) is 1. The fourth-order valence-electron chi connectivity index (χ4n) is 3.20. The Kier molecular flexibility index (Phi) is 3.93. The van der Waals surface area contributed by atoms with Crippen LogP contribution in [-0.4, -0.2) is 18.6 Å². The van der Waals surface area contributed by atoms with E-state index in [9.17, 15) is 0 Å². The molecule has 110 valence electrons. The van der Waals surface area contributed by atoms with E-state index >= 15 is 0 Å². The summed E-state index contributed by atoms with van der Waals surface area (Å²) in [5.41, 5.74) is 2.56. The number of benzene rings is 1. The Balaban J connectivity index is 2.03. The number of nitrogens with zero attached hydrogens (tertiary/aromatic N) is 1. The van der Waals surface area contributed by atoms with E-state index in [1.165, 1.54) is 18.4 Å². The number of rotatable bonds is 6. The van der Waals surface area contributed by atoms with E-state index in [1.54, 1.807) is 7.11 Å². The smallest absolute Gasteiger partial charge is 0.142 e. The first-order valence-corrected chi connectivity index (χ1v) is 7.59. The van der Waals surface area contributed by atoms with Crippen LogP contribution in [0.4, 0.5) is 0 Å². The van der Waals surface area contributed by atoms with Gasteiger partial charge in [0.15, 0.2) is 0 Å². The normalized spacial score (nSPS) is 17.2. The number of ether oxygens (including phenoxy) is 1. The van der Waals surface area contributed by atoms with Gasteiger partial charge in [-0.1, -0.05) is 37.3 Å². The summed E-state index contributed by atoms with van der Waals surface area (Å²) in [6.07, 6.45) is 4.23. The number of nitrogens with one attached hydrogen (secondary N) is 1. The molecule has 21 heavy (non-hydrogen) atoms. The fraction of sp³-hybridized carbons (Fsp3) is 0.389. The molecule has 1 aromatic carbocycles. The third-order valence-corrected chi connectivity index (χ3v) is 4.39. The summed E-state index contributed by atoms with van der Waals surface area (Å²) in [6, 6.07) is 14.9. The molecule has 3 rings (SSSR count). The zero-order chi connectivity index (χ0) is 14.7. The van der Waals surface area contributed by atoms with E-state index < -0.39 is 0 Å². The maximum absolute atomic E-state index is 5.53. The molecule has 1 unspecified atom stereocenters. The molecule has 0 aliphatic heterocycles. The molecule has 3 nitrogen and oxygen atoms in total. The topological polar surface area (TPSA) is 34.2 Å². The Morgan fingerprint density at radius 2 is 1.95 bits per heavy atom. The highest BCUT2D eigenvalue weighted by molar-refractivity contribution is 5.41. The van der Waals surface area contributed by atoms with Gasteiger partial charge in [0.2, 0.25) is 0 Å². The molecule has 3 heteroatoms. The Hall–Kier alpha value is -1.87. The minimum atomic E-state index is 0.152. The minimum absolute atomic E-state index is 0.152. The van der Waals surface area contributed by atoms with Gasteiger partial charge in [0, 0.05) is 11.6 Å². The molecule has 1 fully saturated rings. The van der Waals surface area contributed by atoms with Gasteiger partial charge in [0.25, 0.3) is 0 Å². The lowest BCUT2D eigenvalue weighted by Gasteiger charge is -2.29. The Morgan fingerprint density at radius 3 is 2.57 bits per heavy atom. The standard InChI is InChI=1S/C18H22N2O/c1-3-19-17(16-15(21-2)10-7-13-20-16)18(11-12-18)14-8-5-4-6-9-14/h4-10,13,17,19H,3,11-12H2,1-2H3. The van der Waals surface area contributed by atoms with Crippen molar-refractivity contribution in [1.29, 1.82) is 0 Å². The van der Waals surface area contributed by atoms with Crippen LogP contribution < -0.4 is 10.1 Å². The van der Waals surface area contributed by atoms with Crippen molar-refractivity contribution in [2.45, 2.75) is 31.2 Å². The monoisotopic (exact) mass is 282 g/mol. The van der Waals surface area contributed by atoms with Gasteiger partial charge in [-0.05, 0) is 37.1 Å². The van der Waals surface area contributed by atoms with Crippen molar-refractivity contribution in [2.75, 3.05) is 13.7 Å². The molecule has 0 spiro atoms. The predicted octanol–water partition coefficient (Wildman–Crippen LogP) is 3.47. The van der Waals surface area contributed by atoms with Gasteiger partial charge < -0.3 is 10.1 Å². The van der Waals surface area contributed by atoms with Crippen LogP contribution in [0, 0.1) is 0 Å². The predicted molar refractivity (Wildman–Crippen MR) is 84.6 cm³/mol. The summed E-state index contributed by atoms with van der Waals surface area (Å²) in [5, 5.41) is 3.63. The Labute approximate surface area is 126 Å². The number of likely N-dealkylation sites (N-methyl/N-ethyl adjacent to an activating group) is 1. The molecule has 0 amide bonds. The lowest BCUT2D eigenvalue weighted by atomic mass is 9.85. The van der Waals surface area contributed by atoms with Crippen LogP contribution in [0.5, 0.6) is 5.75 Å². The lowest BCUT2D eigenvalue weighted by molar-refractivity contribution is 0.372. The van der Waals surface area contributed by atoms with Crippen molar-refractivity contribution in [1.82, 2.24) is 10.3 Å². The molecule has 1 aliphatic rings. The number of aromatic nitrogens is 1. The summed E-state index contributed by atoms with van der Waals surface area (Å²) in [6.45, 7) is 3.06. The molecule has 0 bridgehead atoms. The number of hydrogen-bond acceptors (Lipinski definition) is 3. The largest absolute Gasteiger partial charge is 0.495 e. The van der Waals surface area contributed by atoms with Crippen molar-refractivity contribution in [3.63, 3.8) is 0 Å². The van der Waals surface area contributed by atoms with Gasteiger partial charge in [0.1, 0.15) is 11.4 Å². The molecule has 0 saturated heterocycles. The fourth-order valence-corrected chi connectivity index (χ4v) is 3.20. The zero-order valence-corrected chi connectivity index (χ0v) is 12.7. The second-order valence-electron chi connectivity index (χ2n) is 5.60. The van der Waals surface area contributed by atoms with E-state index in [0.29, 0.717) is 0 Å². The van der Waals surface area contributed by atoms with Crippen LogP contribution in [0.1, 0.15) is 37.1 Å². The van der Waals surface area contributed by atoms with Crippen LogP contribution in [0.2, 0.25) is 0 Å². The maximum Gasteiger partial charge on any atom is 0.142 e. The van der Waals surface area contributed by atoms with Crippen LogP contribution in [0.15, 0.2) is 48.7 Å². The van der Waals surface area contributed by atoms with Crippen molar-refractivity contribution in [3.05, 3.63) is 59.9 Å². The maximum atomic E-state index is 5.53. The van der Waals surface area contributed by atoms with Crippen LogP contribution in [-0.2, 0) is 5.41 Å². The molecule has 2 aromatic rings. The summed E-state index contributed by atoms with van der Waals surface area (Å²) >= 11 is 0. The second kappa shape index (κ2) is 5.86. The van der Waals surface area contributed by atoms with Gasteiger partial charge in [0.05, 0.1) is 13.2 Å². The summed E-state index contributed by atoms with van der Waals surface area (Å²) < 4.78 is 5.53. The highest BCUT2D eigenvalue weighted by atomic mass is 16.5. The first-order chi connectivity index (χ1) is 10.3. The van der Waals surface area contributed by atoms with E-state index in [1.807, 2.05) is 18.3 Å². The quantitative estimate of drug-likeness (QED) is 0.881. The van der Waals surface area contributed by atoms with Crippen molar-refractivity contribution >= 4 is 0 Å². The summed E-state index contributed by atoms with van der Waals surface area (Å²) in [5.74, 6) is 0.866. The zero-order valence-electron chi connectivity index (χ0n) is 12.7. The van der Waals surface area contributed by atoms with E-state index in [4.69, 9.17) is 4.74 Å². The third-order valence-electron chi connectivity index (χ3n) is 4.39. The molecule has 0 radical (unpaired) electrons. The van der Waals surface area contributed by atoms with Crippen LogP contribution >= 0.6 is 0 Å².